The Balaban J connectivity index is 6.84. The van der Waals surface area contributed by atoms with Crippen LogP contribution in [0.25, 0.3) is 0 Å². The van der Waals surface area contributed by atoms with E-state index in [1.54, 1.807) is 40.8 Å². The van der Waals surface area contributed by atoms with Crippen molar-refractivity contribution in [2.45, 2.75) is 145 Å². The van der Waals surface area contributed by atoms with Crippen molar-refractivity contribution in [2.24, 2.45) is 35.3 Å². The molecule has 58 heavy (non-hydrogen) atoms. The third-order valence-electron chi connectivity index (χ3n) is 10.6. The van der Waals surface area contributed by atoms with Crippen LogP contribution >= 0.6 is 0 Å². The van der Waals surface area contributed by atoms with Gasteiger partial charge in [0.1, 0.15) is 35.9 Å². The standard InChI is InChI=1S/C43H77N7O8/c1-18-20-21-29(11)37(52)36(39(54)45-31(19-2)41(56)46(13)30(12)40(55)48(15)32(38(44)53)22-25(3)4)50(17)43(58)35(28(9)10)49(16)42(57)33(23-26(5)6)47(14)34(51)24-27(7)8/h18,20,25-29,31-33,35-37,52H,12,19,21-24H2,1-11,13-17H3,(H2,44,53)(H,45,54)/b20-18+/t29-,31+,32+,33+,35+,36+,37-/m1/s1. The lowest BCUT2D eigenvalue weighted by molar-refractivity contribution is -0.156. The number of carbonyl (C=O) groups excluding carboxylic acids is 7. The highest BCUT2D eigenvalue weighted by Crippen LogP contribution is 2.24. The van der Waals surface area contributed by atoms with E-state index in [2.05, 4.69) is 11.9 Å². The summed E-state index contributed by atoms with van der Waals surface area (Å²) in [5, 5.41) is 14.5. The summed E-state index contributed by atoms with van der Waals surface area (Å²) in [6.45, 7) is 24.1. The van der Waals surface area contributed by atoms with Crippen molar-refractivity contribution in [1.29, 1.82) is 0 Å². The van der Waals surface area contributed by atoms with Crippen LogP contribution in [0.1, 0.15) is 108 Å². The van der Waals surface area contributed by atoms with E-state index in [0.717, 1.165) is 14.7 Å². The van der Waals surface area contributed by atoms with Gasteiger partial charge in [-0.15, -0.1) is 0 Å². The van der Waals surface area contributed by atoms with Crippen LogP contribution in [0.2, 0.25) is 0 Å². The van der Waals surface area contributed by atoms with E-state index < -0.39 is 83.6 Å². The summed E-state index contributed by atoms with van der Waals surface area (Å²) in [6, 6.07) is -5.58. The molecule has 7 amide bonds. The first-order valence-electron chi connectivity index (χ1n) is 20.6. The lowest BCUT2D eigenvalue weighted by Crippen LogP contribution is -2.63. The van der Waals surface area contributed by atoms with Gasteiger partial charge in [0, 0.05) is 41.7 Å². The summed E-state index contributed by atoms with van der Waals surface area (Å²) >= 11 is 0. The lowest BCUT2D eigenvalue weighted by Gasteiger charge is -2.41. The molecule has 0 aromatic heterocycles. The van der Waals surface area contributed by atoms with Crippen LogP contribution in [-0.4, -0.2) is 143 Å². The van der Waals surface area contributed by atoms with E-state index in [1.807, 2.05) is 54.5 Å². The number of hydrogen-bond acceptors (Lipinski definition) is 8. The van der Waals surface area contributed by atoms with Crippen LogP contribution in [0.4, 0.5) is 0 Å². The molecule has 0 fully saturated rings. The quantitative estimate of drug-likeness (QED) is 0.0975. The number of nitrogens with zero attached hydrogens (tertiary/aromatic N) is 5. The van der Waals surface area contributed by atoms with Crippen LogP contribution in [-0.2, 0) is 33.6 Å². The fraction of sp³-hybridized carbons (Fsp3) is 0.744. The average molecular weight is 820 g/mol. The minimum atomic E-state index is -1.50. The molecule has 0 aliphatic carbocycles. The second kappa shape index (κ2) is 24.6. The molecule has 0 radical (unpaired) electrons. The van der Waals surface area contributed by atoms with Crippen LogP contribution < -0.4 is 11.1 Å². The SMILES string of the molecule is C=C(C(=O)N(C)[C@@H](CC(C)C)C(N)=O)N(C)C(=O)[C@H](CC)NC(=O)[C@H]([C@H](O)[C@H](C)C/C=C/C)N(C)C(=O)[C@H](C(C)C)N(C)C(=O)[C@H](CC(C)C)N(C)C(=O)CC(C)C. The Morgan fingerprint density at radius 2 is 1.21 bits per heavy atom. The zero-order valence-electron chi connectivity index (χ0n) is 38.4. The zero-order chi connectivity index (χ0) is 45.5. The highest BCUT2D eigenvalue weighted by atomic mass is 16.3. The molecule has 7 atom stereocenters. The zero-order valence-corrected chi connectivity index (χ0v) is 38.4. The first-order chi connectivity index (χ1) is 26.7. The third kappa shape index (κ3) is 15.2. The van der Waals surface area contributed by atoms with E-state index in [1.165, 1.54) is 38.0 Å². The first-order valence-corrected chi connectivity index (χ1v) is 20.6. The molecule has 0 saturated heterocycles. The molecule has 4 N–H and O–H groups in total. The van der Waals surface area contributed by atoms with E-state index >= 15 is 0 Å². The molecule has 15 nitrogen and oxygen atoms in total. The van der Waals surface area contributed by atoms with Gasteiger partial charge in [-0.05, 0) is 62.2 Å². The summed E-state index contributed by atoms with van der Waals surface area (Å²) in [5.41, 5.74) is 5.34. The number of nitrogens with one attached hydrogen (secondary N) is 1. The highest BCUT2D eigenvalue weighted by Gasteiger charge is 2.43. The minimum Gasteiger partial charge on any atom is -0.390 e. The molecule has 15 heteroatoms. The van der Waals surface area contributed by atoms with Crippen molar-refractivity contribution in [3.8, 4) is 0 Å². The van der Waals surface area contributed by atoms with Crippen LogP contribution in [0.3, 0.4) is 0 Å². The Bertz CT molecular complexity index is 1460. The number of likely N-dealkylation sites (N-methyl/N-ethyl adjacent to an activating group) is 5. The van der Waals surface area contributed by atoms with Crippen molar-refractivity contribution in [3.05, 3.63) is 24.4 Å². The van der Waals surface area contributed by atoms with Crippen LogP contribution in [0, 0.1) is 29.6 Å². The number of aliphatic hydroxyl groups is 1. The van der Waals surface area contributed by atoms with Gasteiger partial charge >= 0.3 is 0 Å². The molecule has 0 spiro atoms. The molecule has 0 heterocycles. The summed E-state index contributed by atoms with van der Waals surface area (Å²) in [4.78, 5) is 102. The second-order valence-electron chi connectivity index (χ2n) is 17.3. The van der Waals surface area contributed by atoms with E-state index in [4.69, 9.17) is 5.73 Å². The normalized spacial score (nSPS) is 15.3. The van der Waals surface area contributed by atoms with Crippen molar-refractivity contribution < 1.29 is 38.7 Å². The van der Waals surface area contributed by atoms with Crippen molar-refractivity contribution in [1.82, 2.24) is 29.8 Å². The molecule has 0 aliphatic heterocycles. The Hall–Kier alpha value is -4.27. The summed E-state index contributed by atoms with van der Waals surface area (Å²) in [6.07, 6.45) is 3.60. The van der Waals surface area contributed by atoms with Gasteiger partial charge in [-0.1, -0.05) is 88.0 Å². The molecular formula is C43H77N7O8. The molecular weight excluding hydrogens is 743 g/mol. The maximum Gasteiger partial charge on any atom is 0.270 e. The Labute approximate surface area is 348 Å². The molecule has 0 aliphatic rings. The molecule has 0 aromatic carbocycles. The number of rotatable bonds is 24. The number of amides is 7. The fourth-order valence-corrected chi connectivity index (χ4v) is 6.88. The minimum absolute atomic E-state index is 0.0412. The predicted molar refractivity (Wildman–Crippen MR) is 227 cm³/mol. The van der Waals surface area contributed by atoms with E-state index in [-0.39, 0.29) is 42.2 Å². The van der Waals surface area contributed by atoms with Gasteiger partial charge < -0.3 is 40.7 Å². The molecule has 332 valence electrons. The van der Waals surface area contributed by atoms with Crippen molar-refractivity contribution in [2.75, 3.05) is 35.2 Å². The third-order valence-corrected chi connectivity index (χ3v) is 10.6. The maximum atomic E-state index is 14.6. The summed E-state index contributed by atoms with van der Waals surface area (Å²) in [5.74, 6) is -4.96. The number of carbonyl (C=O) groups is 7. The summed E-state index contributed by atoms with van der Waals surface area (Å²) < 4.78 is 0. The Kier molecular flexibility index (Phi) is 22.8. The predicted octanol–water partition coefficient (Wildman–Crippen LogP) is 3.40. The topological polar surface area (TPSA) is 194 Å². The van der Waals surface area contributed by atoms with Crippen molar-refractivity contribution in [3.63, 3.8) is 0 Å². The average Bonchev–Trinajstić information content (AvgIpc) is 3.14. The second-order valence-corrected chi connectivity index (χ2v) is 17.3. The highest BCUT2D eigenvalue weighted by molar-refractivity contribution is 6.01. The Morgan fingerprint density at radius 3 is 1.64 bits per heavy atom. The monoisotopic (exact) mass is 820 g/mol. The number of primary amides is 1. The Morgan fingerprint density at radius 1 is 0.707 bits per heavy atom. The largest absolute Gasteiger partial charge is 0.390 e. The lowest BCUT2D eigenvalue weighted by atomic mass is 9.91. The van der Waals surface area contributed by atoms with Gasteiger partial charge in [-0.25, -0.2) is 0 Å². The molecule has 0 bridgehead atoms. The number of hydrogen-bond donors (Lipinski definition) is 3. The van der Waals surface area contributed by atoms with Crippen LogP contribution in [0.15, 0.2) is 24.4 Å². The van der Waals surface area contributed by atoms with Crippen LogP contribution in [0.5, 0.6) is 0 Å². The molecule has 0 saturated carbocycles. The van der Waals surface area contributed by atoms with Gasteiger partial charge in [0.15, 0.2) is 0 Å². The maximum absolute atomic E-state index is 14.6. The van der Waals surface area contributed by atoms with Crippen molar-refractivity contribution >= 4 is 41.4 Å². The van der Waals surface area contributed by atoms with Gasteiger partial charge in [-0.2, -0.15) is 0 Å². The van der Waals surface area contributed by atoms with E-state index in [9.17, 15) is 38.7 Å². The van der Waals surface area contributed by atoms with E-state index in [0.29, 0.717) is 19.3 Å². The summed E-state index contributed by atoms with van der Waals surface area (Å²) in [7, 11) is 7.22. The van der Waals surface area contributed by atoms with Gasteiger partial charge in [0.2, 0.25) is 35.4 Å². The van der Waals surface area contributed by atoms with Gasteiger partial charge in [0.05, 0.1) is 6.10 Å². The smallest absolute Gasteiger partial charge is 0.270 e. The first kappa shape index (κ1) is 53.7. The number of nitrogens with two attached hydrogens (primary N) is 1. The fourth-order valence-electron chi connectivity index (χ4n) is 6.88. The number of allylic oxidation sites excluding steroid dienone is 2. The molecule has 0 aromatic rings. The molecule has 0 unspecified atom stereocenters. The number of aliphatic hydroxyl groups excluding tert-OH is 1. The van der Waals surface area contributed by atoms with Gasteiger partial charge in [-0.3, -0.25) is 33.6 Å². The molecule has 0 rings (SSSR count). The van der Waals surface area contributed by atoms with Gasteiger partial charge in [0.25, 0.3) is 5.91 Å².